The highest BCUT2D eigenvalue weighted by Crippen LogP contribution is 2.22. The first-order valence-corrected chi connectivity index (χ1v) is 6.72. The number of rotatable bonds is 2. The SMILES string of the molecule is O=C(Nc1ccccc1F)c1cc2cccc(Cl)c2oc1=O. The number of carbonyl (C=O) groups excluding carboxylic acids is 1. The molecule has 3 aromatic rings. The summed E-state index contributed by atoms with van der Waals surface area (Å²) in [6, 6.07) is 11.9. The minimum atomic E-state index is -0.838. The Balaban J connectivity index is 2.03. The Bertz CT molecular complexity index is 936. The third-order valence-electron chi connectivity index (χ3n) is 3.08. The molecule has 22 heavy (non-hydrogen) atoms. The highest BCUT2D eigenvalue weighted by Gasteiger charge is 2.16. The molecule has 3 rings (SSSR count). The normalized spacial score (nSPS) is 10.6. The lowest BCUT2D eigenvalue weighted by atomic mass is 10.1. The highest BCUT2D eigenvalue weighted by molar-refractivity contribution is 6.34. The van der Waals surface area contributed by atoms with Crippen LogP contribution in [0.15, 0.2) is 57.7 Å². The summed E-state index contributed by atoms with van der Waals surface area (Å²) in [4.78, 5) is 24.1. The maximum atomic E-state index is 13.5. The van der Waals surface area contributed by atoms with Crippen molar-refractivity contribution >= 4 is 34.2 Å². The molecule has 0 fully saturated rings. The lowest BCUT2D eigenvalue weighted by Gasteiger charge is -2.06. The molecule has 0 aliphatic heterocycles. The van der Waals surface area contributed by atoms with Gasteiger partial charge in [0.2, 0.25) is 0 Å². The van der Waals surface area contributed by atoms with Gasteiger partial charge in [0.05, 0.1) is 10.7 Å². The molecule has 1 aromatic heterocycles. The largest absolute Gasteiger partial charge is 0.421 e. The molecule has 110 valence electrons. The maximum absolute atomic E-state index is 13.5. The lowest BCUT2D eigenvalue weighted by molar-refractivity contribution is 0.102. The van der Waals surface area contributed by atoms with Crippen LogP contribution in [0.4, 0.5) is 10.1 Å². The van der Waals surface area contributed by atoms with E-state index in [1.54, 1.807) is 24.3 Å². The van der Waals surface area contributed by atoms with Gasteiger partial charge in [0, 0.05) is 5.39 Å². The number of para-hydroxylation sites is 2. The molecule has 0 saturated heterocycles. The summed E-state index contributed by atoms with van der Waals surface area (Å²) in [6.07, 6.45) is 0. The zero-order valence-corrected chi connectivity index (χ0v) is 11.9. The molecule has 0 atom stereocenters. The second-order valence-electron chi connectivity index (χ2n) is 4.54. The standard InChI is InChI=1S/C16H9ClFNO3/c17-11-5-3-4-9-8-10(16(21)22-14(9)11)15(20)19-13-7-2-1-6-12(13)18/h1-8H,(H,19,20). The Morgan fingerprint density at radius 3 is 2.68 bits per heavy atom. The zero-order valence-electron chi connectivity index (χ0n) is 11.1. The van der Waals surface area contributed by atoms with E-state index >= 15 is 0 Å². The average molecular weight is 318 g/mol. The molecule has 0 aliphatic rings. The Kier molecular flexibility index (Phi) is 3.65. The van der Waals surface area contributed by atoms with E-state index in [0.717, 1.165) is 0 Å². The van der Waals surface area contributed by atoms with E-state index in [1.807, 2.05) is 0 Å². The van der Waals surface area contributed by atoms with Gasteiger partial charge in [0.15, 0.2) is 5.58 Å². The first-order chi connectivity index (χ1) is 10.6. The molecule has 2 aromatic carbocycles. The zero-order chi connectivity index (χ0) is 15.7. The predicted molar refractivity (Wildman–Crippen MR) is 81.8 cm³/mol. The third-order valence-corrected chi connectivity index (χ3v) is 3.38. The Morgan fingerprint density at radius 2 is 1.91 bits per heavy atom. The molecule has 0 radical (unpaired) electrons. The van der Waals surface area contributed by atoms with Gasteiger partial charge < -0.3 is 9.73 Å². The molecule has 1 amide bonds. The first kappa shape index (κ1) is 14.3. The summed E-state index contributed by atoms with van der Waals surface area (Å²) < 4.78 is 18.6. The van der Waals surface area contributed by atoms with Crippen LogP contribution in [-0.4, -0.2) is 5.91 Å². The number of benzene rings is 2. The van der Waals surface area contributed by atoms with Crippen LogP contribution < -0.4 is 10.9 Å². The van der Waals surface area contributed by atoms with Gasteiger partial charge in [-0.2, -0.15) is 0 Å². The van der Waals surface area contributed by atoms with Crippen LogP contribution in [0.1, 0.15) is 10.4 Å². The number of hydrogen-bond donors (Lipinski definition) is 1. The van der Waals surface area contributed by atoms with E-state index in [4.69, 9.17) is 16.0 Å². The second kappa shape index (κ2) is 5.61. The monoisotopic (exact) mass is 317 g/mol. The van der Waals surface area contributed by atoms with E-state index < -0.39 is 17.3 Å². The molecule has 1 N–H and O–H groups in total. The highest BCUT2D eigenvalue weighted by atomic mass is 35.5. The van der Waals surface area contributed by atoms with Crippen molar-refractivity contribution in [3.05, 3.63) is 75.4 Å². The van der Waals surface area contributed by atoms with Crippen molar-refractivity contribution in [2.24, 2.45) is 0 Å². The van der Waals surface area contributed by atoms with Crippen LogP contribution >= 0.6 is 11.6 Å². The number of hydrogen-bond acceptors (Lipinski definition) is 3. The van der Waals surface area contributed by atoms with Crippen molar-refractivity contribution in [1.82, 2.24) is 0 Å². The summed E-state index contributed by atoms with van der Waals surface area (Å²) in [5.41, 5.74) is -0.873. The Hall–Kier alpha value is -2.66. The number of carbonyl (C=O) groups is 1. The van der Waals surface area contributed by atoms with E-state index in [1.165, 1.54) is 24.3 Å². The molecule has 0 aliphatic carbocycles. The molecule has 4 nitrogen and oxygen atoms in total. The first-order valence-electron chi connectivity index (χ1n) is 6.34. The summed E-state index contributed by atoms with van der Waals surface area (Å²) in [5.74, 6) is -1.34. The van der Waals surface area contributed by atoms with Crippen molar-refractivity contribution in [1.29, 1.82) is 0 Å². The van der Waals surface area contributed by atoms with Gasteiger partial charge in [-0.25, -0.2) is 9.18 Å². The van der Waals surface area contributed by atoms with Crippen LogP contribution in [0.3, 0.4) is 0 Å². The average Bonchev–Trinajstić information content (AvgIpc) is 2.50. The van der Waals surface area contributed by atoms with Gasteiger partial charge in [-0.1, -0.05) is 35.9 Å². The number of halogens is 2. The topological polar surface area (TPSA) is 59.3 Å². The molecule has 0 spiro atoms. The van der Waals surface area contributed by atoms with Crippen LogP contribution in [-0.2, 0) is 0 Å². The molecular formula is C16H9ClFNO3. The smallest absolute Gasteiger partial charge is 0.349 e. The number of amides is 1. The van der Waals surface area contributed by atoms with Gasteiger partial charge in [0.25, 0.3) is 5.91 Å². The molecule has 0 saturated carbocycles. The van der Waals surface area contributed by atoms with Crippen LogP contribution in [0.5, 0.6) is 0 Å². The van der Waals surface area contributed by atoms with E-state index in [-0.39, 0.29) is 21.9 Å². The summed E-state index contributed by atoms with van der Waals surface area (Å²) in [6.45, 7) is 0. The fraction of sp³-hybridized carbons (Fsp3) is 0. The van der Waals surface area contributed by atoms with Crippen molar-refractivity contribution in [3.63, 3.8) is 0 Å². The quantitative estimate of drug-likeness (QED) is 0.731. The van der Waals surface area contributed by atoms with Crippen LogP contribution in [0.2, 0.25) is 5.02 Å². The van der Waals surface area contributed by atoms with Gasteiger partial charge in [-0.05, 0) is 24.3 Å². The number of anilines is 1. The fourth-order valence-electron chi connectivity index (χ4n) is 2.02. The van der Waals surface area contributed by atoms with Gasteiger partial charge in [0.1, 0.15) is 11.4 Å². The number of nitrogens with one attached hydrogen (secondary N) is 1. The van der Waals surface area contributed by atoms with E-state index in [2.05, 4.69) is 5.32 Å². The maximum Gasteiger partial charge on any atom is 0.349 e. The molecule has 6 heteroatoms. The minimum absolute atomic E-state index is 0.0157. The minimum Gasteiger partial charge on any atom is -0.421 e. The summed E-state index contributed by atoms with van der Waals surface area (Å²) in [5, 5.41) is 3.12. The number of fused-ring (bicyclic) bond motifs is 1. The van der Waals surface area contributed by atoms with Crippen molar-refractivity contribution in [2.75, 3.05) is 5.32 Å². The third kappa shape index (κ3) is 2.58. The van der Waals surface area contributed by atoms with E-state index in [0.29, 0.717) is 5.39 Å². The Morgan fingerprint density at radius 1 is 1.14 bits per heavy atom. The van der Waals surface area contributed by atoms with Gasteiger partial charge in [-0.3, -0.25) is 4.79 Å². The van der Waals surface area contributed by atoms with Crippen molar-refractivity contribution in [2.45, 2.75) is 0 Å². The molecular weight excluding hydrogens is 309 g/mol. The van der Waals surface area contributed by atoms with E-state index in [9.17, 15) is 14.0 Å². The molecule has 0 bridgehead atoms. The molecule has 1 heterocycles. The second-order valence-corrected chi connectivity index (χ2v) is 4.95. The summed E-state index contributed by atoms with van der Waals surface area (Å²) >= 11 is 5.93. The van der Waals surface area contributed by atoms with Crippen molar-refractivity contribution in [3.8, 4) is 0 Å². The fourth-order valence-corrected chi connectivity index (χ4v) is 2.24. The molecule has 0 unspecified atom stereocenters. The van der Waals surface area contributed by atoms with Crippen molar-refractivity contribution < 1.29 is 13.6 Å². The van der Waals surface area contributed by atoms with Gasteiger partial charge in [-0.15, -0.1) is 0 Å². The summed E-state index contributed by atoms with van der Waals surface area (Å²) in [7, 11) is 0. The lowest BCUT2D eigenvalue weighted by Crippen LogP contribution is -2.21. The van der Waals surface area contributed by atoms with Crippen LogP contribution in [0.25, 0.3) is 11.0 Å². The predicted octanol–water partition coefficient (Wildman–Crippen LogP) is 3.84. The van der Waals surface area contributed by atoms with Gasteiger partial charge >= 0.3 is 5.63 Å². The van der Waals surface area contributed by atoms with Crippen LogP contribution in [0, 0.1) is 5.82 Å². The Labute approximate surface area is 129 Å².